The van der Waals surface area contributed by atoms with Crippen LogP contribution < -0.4 is 19.9 Å². The number of amides is 3. The molecule has 8 heteroatoms. The van der Waals surface area contributed by atoms with Gasteiger partial charge in [0.15, 0.2) is 0 Å². The zero-order valence-electron chi connectivity index (χ0n) is 20.2. The Balaban J connectivity index is 1.40. The van der Waals surface area contributed by atoms with Crippen molar-refractivity contribution in [1.82, 2.24) is 10.2 Å². The average molecular weight is 477 g/mol. The first-order chi connectivity index (χ1) is 17.1. The highest BCUT2D eigenvalue weighted by atomic mass is 16.5. The minimum atomic E-state index is -0.265. The summed E-state index contributed by atoms with van der Waals surface area (Å²) >= 11 is 0. The Morgan fingerprint density at radius 3 is 2.57 bits per heavy atom. The Kier molecular flexibility index (Phi) is 6.61. The fraction of sp³-hybridized carbons (Fsp3) is 0.444. The molecule has 8 nitrogen and oxygen atoms in total. The van der Waals surface area contributed by atoms with Crippen molar-refractivity contribution < 1.29 is 19.1 Å². The third-order valence-corrected chi connectivity index (χ3v) is 7.24. The second-order valence-corrected chi connectivity index (χ2v) is 9.42. The van der Waals surface area contributed by atoms with Crippen LogP contribution >= 0.6 is 0 Å². The van der Waals surface area contributed by atoms with Gasteiger partial charge in [-0.2, -0.15) is 0 Å². The number of nitrogens with zero attached hydrogens (tertiary/aromatic N) is 3. The van der Waals surface area contributed by atoms with Crippen molar-refractivity contribution in [2.45, 2.75) is 44.7 Å². The monoisotopic (exact) mass is 476 g/mol. The van der Waals surface area contributed by atoms with E-state index in [1.165, 1.54) is 0 Å². The van der Waals surface area contributed by atoms with Gasteiger partial charge in [-0.15, -0.1) is 0 Å². The SMILES string of the molecule is COc1ccccc1CNC(=O)CN1C(=O)[C@@H]2CCCCN2c2ccc(C(=O)N3CCCC3)cc21. The lowest BCUT2D eigenvalue weighted by molar-refractivity contribution is -0.125. The second-order valence-electron chi connectivity index (χ2n) is 9.42. The van der Waals surface area contributed by atoms with Gasteiger partial charge in [0.25, 0.3) is 5.91 Å². The number of nitrogens with one attached hydrogen (secondary N) is 1. The van der Waals surface area contributed by atoms with Crippen molar-refractivity contribution in [3.05, 3.63) is 53.6 Å². The molecule has 2 aromatic carbocycles. The van der Waals surface area contributed by atoms with Gasteiger partial charge < -0.3 is 19.9 Å². The molecule has 3 amide bonds. The number of likely N-dealkylation sites (tertiary alicyclic amines) is 1. The number of hydrogen-bond acceptors (Lipinski definition) is 5. The molecule has 0 aliphatic carbocycles. The van der Waals surface area contributed by atoms with Gasteiger partial charge in [-0.05, 0) is 56.4 Å². The summed E-state index contributed by atoms with van der Waals surface area (Å²) in [4.78, 5) is 45.2. The first-order valence-corrected chi connectivity index (χ1v) is 12.5. The van der Waals surface area contributed by atoms with E-state index in [1.54, 1.807) is 18.1 Å². The molecule has 0 saturated carbocycles. The van der Waals surface area contributed by atoms with E-state index >= 15 is 0 Å². The number of rotatable bonds is 6. The predicted octanol–water partition coefficient (Wildman–Crippen LogP) is 2.95. The van der Waals surface area contributed by atoms with Crippen LogP contribution in [-0.2, 0) is 16.1 Å². The molecule has 0 aromatic heterocycles. The van der Waals surface area contributed by atoms with Crippen molar-refractivity contribution in [2.24, 2.45) is 0 Å². The van der Waals surface area contributed by atoms with Gasteiger partial charge in [0.2, 0.25) is 11.8 Å². The summed E-state index contributed by atoms with van der Waals surface area (Å²) in [6.45, 7) is 2.54. The summed E-state index contributed by atoms with van der Waals surface area (Å²) in [5.74, 6) is 0.361. The number of benzene rings is 2. The largest absolute Gasteiger partial charge is 0.496 e. The van der Waals surface area contributed by atoms with E-state index in [0.717, 1.165) is 63.0 Å². The number of methoxy groups -OCH3 is 1. The molecule has 0 unspecified atom stereocenters. The third-order valence-electron chi connectivity index (χ3n) is 7.24. The minimum absolute atomic E-state index is 0.0147. The Morgan fingerprint density at radius 1 is 1.00 bits per heavy atom. The predicted molar refractivity (Wildman–Crippen MR) is 134 cm³/mol. The topological polar surface area (TPSA) is 82.2 Å². The van der Waals surface area contributed by atoms with E-state index in [-0.39, 0.29) is 30.3 Å². The Hall–Kier alpha value is -3.55. The van der Waals surface area contributed by atoms with Crippen molar-refractivity contribution in [2.75, 3.05) is 43.1 Å². The molecule has 1 atom stereocenters. The maximum atomic E-state index is 13.6. The zero-order chi connectivity index (χ0) is 24.4. The van der Waals surface area contributed by atoms with Crippen LogP contribution in [0.5, 0.6) is 5.75 Å². The molecule has 5 rings (SSSR count). The Bertz CT molecular complexity index is 1130. The van der Waals surface area contributed by atoms with E-state index in [1.807, 2.05) is 41.3 Å². The standard InChI is InChI=1S/C27H32N4O4/c1-35-24-10-3-2-8-20(24)17-28-25(32)18-31-23-16-19(26(33)29-13-6-7-14-29)11-12-21(23)30-15-5-4-9-22(30)27(31)34/h2-3,8,10-12,16,22H,4-7,9,13-15,17-18H2,1H3,(H,28,32)/t22-/m0/s1. The van der Waals surface area contributed by atoms with Gasteiger partial charge >= 0.3 is 0 Å². The molecule has 35 heavy (non-hydrogen) atoms. The quantitative estimate of drug-likeness (QED) is 0.693. The average Bonchev–Trinajstić information content (AvgIpc) is 3.44. The van der Waals surface area contributed by atoms with E-state index in [2.05, 4.69) is 10.2 Å². The van der Waals surface area contributed by atoms with Gasteiger partial charge in [0, 0.05) is 37.3 Å². The van der Waals surface area contributed by atoms with E-state index in [4.69, 9.17) is 4.74 Å². The van der Waals surface area contributed by atoms with Crippen LogP contribution in [-0.4, -0.2) is 62.0 Å². The molecule has 3 aliphatic rings. The maximum absolute atomic E-state index is 13.6. The molecule has 3 heterocycles. The molecule has 0 radical (unpaired) electrons. The van der Waals surface area contributed by atoms with Crippen molar-refractivity contribution in [1.29, 1.82) is 0 Å². The smallest absolute Gasteiger partial charge is 0.253 e. The van der Waals surface area contributed by atoms with Crippen molar-refractivity contribution >= 4 is 29.1 Å². The fourth-order valence-corrected chi connectivity index (χ4v) is 5.40. The molecule has 2 aromatic rings. The van der Waals surface area contributed by atoms with E-state index in [9.17, 15) is 14.4 Å². The number of ether oxygens (including phenoxy) is 1. The summed E-state index contributed by atoms with van der Waals surface area (Å²) < 4.78 is 5.37. The Morgan fingerprint density at radius 2 is 1.77 bits per heavy atom. The number of piperidine rings is 1. The lowest BCUT2D eigenvalue weighted by Crippen LogP contribution is -2.57. The molecule has 3 aliphatic heterocycles. The molecule has 0 bridgehead atoms. The molecule has 0 spiro atoms. The number of carbonyl (C=O) groups excluding carboxylic acids is 3. The fourth-order valence-electron chi connectivity index (χ4n) is 5.40. The highest BCUT2D eigenvalue weighted by Crippen LogP contribution is 2.40. The van der Waals surface area contributed by atoms with Crippen molar-refractivity contribution in [3.63, 3.8) is 0 Å². The molecule has 1 N–H and O–H groups in total. The molecule has 2 saturated heterocycles. The molecular weight excluding hydrogens is 444 g/mol. The summed E-state index contributed by atoms with van der Waals surface area (Å²) in [7, 11) is 1.60. The van der Waals surface area contributed by atoms with Gasteiger partial charge in [-0.1, -0.05) is 18.2 Å². The number of para-hydroxylation sites is 1. The second kappa shape index (κ2) is 9.98. The summed E-state index contributed by atoms with van der Waals surface area (Å²) in [6, 6.07) is 12.9. The van der Waals surface area contributed by atoms with E-state index < -0.39 is 0 Å². The molecule has 184 valence electrons. The first-order valence-electron chi connectivity index (χ1n) is 12.5. The van der Waals surface area contributed by atoms with Gasteiger partial charge in [0.1, 0.15) is 18.3 Å². The highest BCUT2D eigenvalue weighted by Gasteiger charge is 2.40. The third kappa shape index (κ3) is 4.57. The van der Waals surface area contributed by atoms with Crippen LogP contribution in [0.1, 0.15) is 48.0 Å². The first kappa shape index (κ1) is 23.2. The van der Waals surface area contributed by atoms with Crippen LogP contribution in [0.4, 0.5) is 11.4 Å². The summed E-state index contributed by atoms with van der Waals surface area (Å²) in [6.07, 6.45) is 4.82. The number of fused-ring (bicyclic) bond motifs is 3. The van der Waals surface area contributed by atoms with Crippen LogP contribution in [0.15, 0.2) is 42.5 Å². The van der Waals surface area contributed by atoms with Crippen LogP contribution in [0.2, 0.25) is 0 Å². The maximum Gasteiger partial charge on any atom is 0.253 e. The van der Waals surface area contributed by atoms with Crippen LogP contribution in [0.3, 0.4) is 0 Å². The van der Waals surface area contributed by atoms with Gasteiger partial charge in [0.05, 0.1) is 18.5 Å². The zero-order valence-corrected chi connectivity index (χ0v) is 20.2. The lowest BCUT2D eigenvalue weighted by atomic mass is 9.95. The summed E-state index contributed by atoms with van der Waals surface area (Å²) in [5.41, 5.74) is 2.99. The molecule has 2 fully saturated rings. The number of carbonyl (C=O) groups is 3. The highest BCUT2D eigenvalue weighted by molar-refractivity contribution is 6.09. The van der Waals surface area contributed by atoms with Crippen LogP contribution in [0, 0.1) is 0 Å². The van der Waals surface area contributed by atoms with Gasteiger partial charge in [-0.25, -0.2) is 0 Å². The summed E-state index contributed by atoms with van der Waals surface area (Å²) in [5, 5.41) is 2.92. The van der Waals surface area contributed by atoms with Crippen LogP contribution in [0.25, 0.3) is 0 Å². The number of hydrogen-bond donors (Lipinski definition) is 1. The normalized spacial score (nSPS) is 19.3. The van der Waals surface area contributed by atoms with Crippen molar-refractivity contribution in [3.8, 4) is 5.75 Å². The lowest BCUT2D eigenvalue weighted by Gasteiger charge is -2.45. The van der Waals surface area contributed by atoms with Gasteiger partial charge in [-0.3, -0.25) is 19.3 Å². The minimum Gasteiger partial charge on any atom is -0.496 e. The molecular formula is C27H32N4O4. The number of anilines is 2. The van der Waals surface area contributed by atoms with E-state index in [0.29, 0.717) is 23.5 Å². The Labute approximate surface area is 205 Å².